The van der Waals surface area contributed by atoms with E-state index in [4.69, 9.17) is 0 Å². The Kier molecular flexibility index (Phi) is 7.76. The summed E-state index contributed by atoms with van der Waals surface area (Å²) in [5.74, 6) is 0. The third-order valence-electron chi connectivity index (χ3n) is 13.3. The number of rotatable bonds is 5. The summed E-state index contributed by atoms with van der Waals surface area (Å²) >= 11 is 3.79. The number of hydrogen-bond acceptors (Lipinski definition) is 2. The molecule has 0 atom stereocenters. The SMILES string of the molecule is c1ccc(-c2cc(-c3ccccc3)cc(-n3c4ccccc4c4cc(-c5ccc6c(c5)c5ccccc5n6-c5ccc6c(c5)sc5cc7sc8ccccc8c7cc56)ccc43)c2)cc1. The monoisotopic (exact) mass is 848 g/mol. The van der Waals surface area contributed by atoms with Gasteiger partial charge in [-0.05, 0) is 118 Å². The zero-order valence-electron chi connectivity index (χ0n) is 34.5. The Labute approximate surface area is 376 Å². The summed E-state index contributed by atoms with van der Waals surface area (Å²) in [6, 6.07) is 80.9. The van der Waals surface area contributed by atoms with Crippen LogP contribution in [0.15, 0.2) is 218 Å². The Hall–Kier alpha value is -7.76. The van der Waals surface area contributed by atoms with Crippen LogP contribution >= 0.6 is 22.7 Å². The highest BCUT2D eigenvalue weighted by Crippen LogP contribution is 2.44. The number of benzene rings is 10. The molecule has 4 heteroatoms. The summed E-state index contributed by atoms with van der Waals surface area (Å²) in [6.07, 6.45) is 0. The molecule has 4 aromatic heterocycles. The number of fused-ring (bicyclic) bond motifs is 12. The molecule has 0 aliphatic carbocycles. The van der Waals surface area contributed by atoms with Crippen LogP contribution < -0.4 is 0 Å². The number of hydrogen-bond donors (Lipinski definition) is 0. The molecule has 0 saturated carbocycles. The molecule has 298 valence electrons. The lowest BCUT2D eigenvalue weighted by Crippen LogP contribution is -1.96. The van der Waals surface area contributed by atoms with Crippen molar-refractivity contribution in [2.24, 2.45) is 0 Å². The largest absolute Gasteiger partial charge is 0.309 e. The van der Waals surface area contributed by atoms with E-state index in [2.05, 4.69) is 228 Å². The molecule has 0 unspecified atom stereocenters. The lowest BCUT2D eigenvalue weighted by atomic mass is 9.98. The van der Waals surface area contributed by atoms with E-state index in [1.807, 2.05) is 22.7 Å². The summed E-state index contributed by atoms with van der Waals surface area (Å²) in [4.78, 5) is 0. The normalized spacial score (nSPS) is 12.1. The molecule has 4 heterocycles. The predicted octanol–water partition coefficient (Wildman–Crippen LogP) is 17.6. The molecule has 0 amide bonds. The fourth-order valence-electron chi connectivity index (χ4n) is 10.3. The lowest BCUT2D eigenvalue weighted by molar-refractivity contribution is 1.18. The van der Waals surface area contributed by atoms with E-state index in [0.29, 0.717) is 0 Å². The van der Waals surface area contributed by atoms with E-state index in [-0.39, 0.29) is 0 Å². The average molecular weight is 849 g/mol. The van der Waals surface area contributed by atoms with Crippen molar-refractivity contribution in [1.29, 1.82) is 0 Å². The van der Waals surface area contributed by atoms with E-state index in [1.54, 1.807) is 0 Å². The van der Waals surface area contributed by atoms with E-state index in [9.17, 15) is 0 Å². The predicted molar refractivity (Wildman–Crippen MR) is 277 cm³/mol. The molecular weight excluding hydrogens is 813 g/mol. The highest BCUT2D eigenvalue weighted by molar-refractivity contribution is 7.28. The minimum Gasteiger partial charge on any atom is -0.309 e. The molecule has 0 bridgehead atoms. The number of para-hydroxylation sites is 2. The van der Waals surface area contributed by atoms with Gasteiger partial charge in [0.1, 0.15) is 0 Å². The van der Waals surface area contributed by atoms with Gasteiger partial charge in [-0.1, -0.05) is 133 Å². The Morgan fingerprint density at radius 3 is 1.30 bits per heavy atom. The zero-order valence-corrected chi connectivity index (χ0v) is 36.1. The van der Waals surface area contributed by atoms with E-state index in [0.717, 1.165) is 5.69 Å². The van der Waals surface area contributed by atoms with E-state index < -0.39 is 0 Å². The van der Waals surface area contributed by atoms with Crippen LogP contribution in [0.4, 0.5) is 0 Å². The van der Waals surface area contributed by atoms with Crippen LogP contribution in [0.2, 0.25) is 0 Å². The average Bonchev–Trinajstić information content (AvgIpc) is 4.10. The highest BCUT2D eigenvalue weighted by Gasteiger charge is 2.19. The third kappa shape index (κ3) is 5.43. The summed E-state index contributed by atoms with van der Waals surface area (Å²) in [7, 11) is 0. The van der Waals surface area contributed by atoms with Crippen molar-refractivity contribution in [3.8, 4) is 44.8 Å². The minimum absolute atomic E-state index is 1.15. The first-order valence-corrected chi connectivity index (χ1v) is 23.4. The first-order chi connectivity index (χ1) is 31.7. The van der Waals surface area contributed by atoms with Crippen LogP contribution in [-0.2, 0) is 0 Å². The molecule has 0 spiro atoms. The van der Waals surface area contributed by atoms with Gasteiger partial charge < -0.3 is 9.13 Å². The molecule has 64 heavy (non-hydrogen) atoms. The molecule has 14 rings (SSSR count). The van der Waals surface area contributed by atoms with Gasteiger partial charge >= 0.3 is 0 Å². The van der Waals surface area contributed by atoms with Gasteiger partial charge in [0.15, 0.2) is 0 Å². The van der Waals surface area contributed by atoms with Gasteiger partial charge in [-0.25, -0.2) is 0 Å². The van der Waals surface area contributed by atoms with Gasteiger partial charge in [0.05, 0.1) is 22.1 Å². The van der Waals surface area contributed by atoms with Gasteiger partial charge in [0, 0.05) is 73.3 Å². The Morgan fingerprint density at radius 2 is 0.688 bits per heavy atom. The lowest BCUT2D eigenvalue weighted by Gasteiger charge is -2.14. The van der Waals surface area contributed by atoms with Crippen molar-refractivity contribution < 1.29 is 0 Å². The third-order valence-corrected chi connectivity index (χ3v) is 15.5. The summed E-state index contributed by atoms with van der Waals surface area (Å²) in [5.41, 5.74) is 14.4. The second-order valence-electron chi connectivity index (χ2n) is 16.9. The second kappa shape index (κ2) is 13.9. The summed E-state index contributed by atoms with van der Waals surface area (Å²) in [5, 5.41) is 10.4. The Balaban J connectivity index is 0.905. The Morgan fingerprint density at radius 1 is 0.219 bits per heavy atom. The van der Waals surface area contributed by atoms with Crippen LogP contribution in [0, 0.1) is 0 Å². The molecule has 0 radical (unpaired) electrons. The van der Waals surface area contributed by atoms with Crippen molar-refractivity contribution in [3.63, 3.8) is 0 Å². The smallest absolute Gasteiger partial charge is 0.0541 e. The first kappa shape index (κ1) is 35.8. The van der Waals surface area contributed by atoms with Gasteiger partial charge in [-0.2, -0.15) is 0 Å². The topological polar surface area (TPSA) is 9.86 Å². The van der Waals surface area contributed by atoms with Crippen LogP contribution in [-0.4, -0.2) is 9.13 Å². The maximum Gasteiger partial charge on any atom is 0.0541 e. The zero-order chi connectivity index (χ0) is 41.9. The minimum atomic E-state index is 1.15. The summed E-state index contributed by atoms with van der Waals surface area (Å²) < 4.78 is 10.3. The number of aromatic nitrogens is 2. The van der Waals surface area contributed by atoms with Gasteiger partial charge in [-0.3, -0.25) is 0 Å². The van der Waals surface area contributed by atoms with Crippen molar-refractivity contribution in [2.45, 2.75) is 0 Å². The van der Waals surface area contributed by atoms with Crippen LogP contribution in [0.3, 0.4) is 0 Å². The van der Waals surface area contributed by atoms with E-state index >= 15 is 0 Å². The second-order valence-corrected chi connectivity index (χ2v) is 19.1. The molecule has 0 saturated heterocycles. The van der Waals surface area contributed by atoms with Crippen molar-refractivity contribution in [3.05, 3.63) is 218 Å². The number of thiophene rings is 2. The molecule has 0 N–H and O–H groups in total. The molecule has 14 aromatic rings. The van der Waals surface area contributed by atoms with E-state index in [1.165, 1.54) is 123 Å². The quantitative estimate of drug-likeness (QED) is 0.163. The highest BCUT2D eigenvalue weighted by atomic mass is 32.1. The Bertz CT molecular complexity index is 4130. The standard InChI is InChI=1S/C60H36N2S2/c1-3-13-37(14-4-1)41-29-42(38-15-5-2-6-16-38)31-44(30-41)62-54-21-11-8-18-46(54)50-33-40(24-28-56(50)62)39-23-27-55-49(32-39)45-17-7-10-20-53(45)61(55)43-25-26-48-52-35-51-47-19-9-12-22-57(47)63-59(51)36-60(52)64-58(48)34-43/h1-36H. The van der Waals surface area contributed by atoms with Crippen molar-refractivity contribution >= 4 is 107 Å². The van der Waals surface area contributed by atoms with Crippen LogP contribution in [0.1, 0.15) is 0 Å². The van der Waals surface area contributed by atoms with Crippen LogP contribution in [0.5, 0.6) is 0 Å². The fraction of sp³-hybridized carbons (Fsp3) is 0. The maximum atomic E-state index is 2.45. The maximum absolute atomic E-state index is 2.45. The first-order valence-electron chi connectivity index (χ1n) is 21.8. The molecule has 10 aromatic carbocycles. The van der Waals surface area contributed by atoms with Gasteiger partial charge in [0.2, 0.25) is 0 Å². The van der Waals surface area contributed by atoms with Crippen molar-refractivity contribution in [2.75, 3.05) is 0 Å². The number of nitrogens with zero attached hydrogens (tertiary/aromatic N) is 2. The molecule has 2 nitrogen and oxygen atoms in total. The molecule has 0 aliphatic heterocycles. The summed E-state index contributed by atoms with van der Waals surface area (Å²) in [6.45, 7) is 0. The van der Waals surface area contributed by atoms with Gasteiger partial charge in [-0.15, -0.1) is 22.7 Å². The molecular formula is C60H36N2S2. The fourth-order valence-corrected chi connectivity index (χ4v) is 12.7. The molecule has 0 fully saturated rings. The van der Waals surface area contributed by atoms with Gasteiger partial charge in [0.25, 0.3) is 0 Å². The molecule has 0 aliphatic rings. The van der Waals surface area contributed by atoms with Crippen molar-refractivity contribution in [1.82, 2.24) is 9.13 Å². The van der Waals surface area contributed by atoms with Crippen LogP contribution in [0.25, 0.3) is 129 Å².